The summed E-state index contributed by atoms with van der Waals surface area (Å²) >= 11 is 29.8. The fourth-order valence-corrected chi connectivity index (χ4v) is 2.40. The van der Waals surface area contributed by atoms with Gasteiger partial charge in [0.1, 0.15) is 6.17 Å². The van der Waals surface area contributed by atoms with Gasteiger partial charge in [-0.2, -0.15) is 0 Å². The summed E-state index contributed by atoms with van der Waals surface area (Å²) in [5.41, 5.74) is 0.391. The van der Waals surface area contributed by atoms with Crippen molar-refractivity contribution in [3.63, 3.8) is 0 Å². The molecule has 0 spiro atoms. The van der Waals surface area contributed by atoms with Gasteiger partial charge < -0.3 is 10.6 Å². The molecule has 1 rings (SSSR count). The number of halogens is 5. The molecule has 1 aromatic rings. The molecule has 1 aromatic carbocycles. The standard InChI is InChI=1S/C13H15Cl5N2O/c1-7(2)6-10(21)19-12(13(16,17)18)20-11-8(14)4-3-5-9(11)15/h3-5,7,12,20H,6H2,1-2H3,(H,19,21). The lowest BCUT2D eigenvalue weighted by molar-refractivity contribution is -0.122. The topological polar surface area (TPSA) is 41.1 Å². The van der Waals surface area contributed by atoms with Crippen molar-refractivity contribution in [3.8, 4) is 0 Å². The normalized spacial score (nSPS) is 13.1. The molecule has 1 atom stereocenters. The van der Waals surface area contributed by atoms with Crippen LogP contribution in [0.25, 0.3) is 0 Å². The first-order valence-corrected chi connectivity index (χ1v) is 8.07. The zero-order valence-corrected chi connectivity index (χ0v) is 15.2. The lowest BCUT2D eigenvalue weighted by Gasteiger charge is -2.28. The van der Waals surface area contributed by atoms with Gasteiger partial charge in [0.25, 0.3) is 0 Å². The second-order valence-electron chi connectivity index (χ2n) is 4.88. The van der Waals surface area contributed by atoms with Gasteiger partial charge in [0.15, 0.2) is 0 Å². The van der Waals surface area contributed by atoms with Crippen LogP contribution < -0.4 is 10.6 Å². The quantitative estimate of drug-likeness (QED) is 0.530. The van der Waals surface area contributed by atoms with Gasteiger partial charge in [-0.1, -0.05) is 77.9 Å². The van der Waals surface area contributed by atoms with Gasteiger partial charge in [-0.05, 0) is 18.1 Å². The molecule has 0 aliphatic heterocycles. The molecule has 118 valence electrons. The zero-order valence-electron chi connectivity index (χ0n) is 11.4. The average molecular weight is 393 g/mol. The smallest absolute Gasteiger partial charge is 0.228 e. The van der Waals surface area contributed by atoms with Crippen LogP contribution in [-0.2, 0) is 4.79 Å². The molecule has 1 amide bonds. The molecule has 2 N–H and O–H groups in total. The van der Waals surface area contributed by atoms with E-state index in [1.165, 1.54) is 0 Å². The molecular formula is C13H15Cl5N2O. The van der Waals surface area contributed by atoms with Gasteiger partial charge >= 0.3 is 0 Å². The molecule has 0 radical (unpaired) electrons. The maximum absolute atomic E-state index is 11.9. The van der Waals surface area contributed by atoms with E-state index in [9.17, 15) is 4.79 Å². The fraction of sp³-hybridized carbons (Fsp3) is 0.462. The number of amides is 1. The highest BCUT2D eigenvalue weighted by Gasteiger charge is 2.34. The number of nitrogens with one attached hydrogen (secondary N) is 2. The van der Waals surface area contributed by atoms with Crippen LogP contribution in [0.4, 0.5) is 5.69 Å². The van der Waals surface area contributed by atoms with Gasteiger partial charge in [-0.15, -0.1) is 0 Å². The number of alkyl halides is 3. The van der Waals surface area contributed by atoms with Crippen LogP contribution in [0.3, 0.4) is 0 Å². The molecule has 0 fully saturated rings. The molecule has 0 bridgehead atoms. The minimum atomic E-state index is -1.77. The molecule has 3 nitrogen and oxygen atoms in total. The second kappa shape index (κ2) is 7.98. The van der Waals surface area contributed by atoms with E-state index in [1.807, 2.05) is 13.8 Å². The summed E-state index contributed by atoms with van der Waals surface area (Å²) in [4.78, 5) is 11.9. The number of benzene rings is 1. The van der Waals surface area contributed by atoms with Crippen LogP contribution in [0.2, 0.25) is 10.0 Å². The summed E-state index contributed by atoms with van der Waals surface area (Å²) < 4.78 is -1.77. The summed E-state index contributed by atoms with van der Waals surface area (Å²) in [6.07, 6.45) is -0.652. The second-order valence-corrected chi connectivity index (χ2v) is 8.06. The summed E-state index contributed by atoms with van der Waals surface area (Å²) in [7, 11) is 0. The Hall–Kier alpha value is -0.0600. The maximum atomic E-state index is 11.9. The zero-order chi connectivity index (χ0) is 16.2. The largest absolute Gasteiger partial charge is 0.359 e. The Labute approximate surface area is 149 Å². The number of rotatable bonds is 5. The van der Waals surface area contributed by atoms with Crippen molar-refractivity contribution in [2.45, 2.75) is 30.2 Å². The third kappa shape index (κ3) is 6.29. The molecule has 0 saturated carbocycles. The predicted octanol–water partition coefficient (Wildman–Crippen LogP) is 5.26. The van der Waals surface area contributed by atoms with Crippen LogP contribution >= 0.6 is 58.0 Å². The Balaban J connectivity index is 2.92. The monoisotopic (exact) mass is 390 g/mol. The van der Waals surface area contributed by atoms with E-state index >= 15 is 0 Å². The summed E-state index contributed by atoms with van der Waals surface area (Å²) in [6.45, 7) is 3.84. The predicted molar refractivity (Wildman–Crippen MR) is 91.8 cm³/mol. The Bertz CT molecular complexity index is 482. The van der Waals surface area contributed by atoms with Crippen molar-refractivity contribution in [2.24, 2.45) is 5.92 Å². The SMILES string of the molecule is CC(C)CC(=O)NC(Nc1c(Cl)cccc1Cl)C(Cl)(Cl)Cl. The lowest BCUT2D eigenvalue weighted by atomic mass is 10.1. The molecular weight excluding hydrogens is 377 g/mol. The van der Waals surface area contributed by atoms with Crippen molar-refractivity contribution in [3.05, 3.63) is 28.2 Å². The first-order valence-electron chi connectivity index (χ1n) is 6.18. The van der Waals surface area contributed by atoms with E-state index < -0.39 is 9.96 Å². The van der Waals surface area contributed by atoms with E-state index in [0.717, 1.165) is 0 Å². The van der Waals surface area contributed by atoms with Crippen LogP contribution in [-0.4, -0.2) is 15.9 Å². The van der Waals surface area contributed by atoms with Gasteiger partial charge in [-0.3, -0.25) is 4.79 Å². The fourth-order valence-electron chi connectivity index (χ4n) is 1.57. The number of hydrogen-bond donors (Lipinski definition) is 2. The maximum Gasteiger partial charge on any atom is 0.228 e. The number of anilines is 1. The first-order chi connectivity index (χ1) is 9.61. The molecule has 8 heteroatoms. The minimum Gasteiger partial charge on any atom is -0.359 e. The highest BCUT2D eigenvalue weighted by Crippen LogP contribution is 2.35. The van der Waals surface area contributed by atoms with E-state index in [2.05, 4.69) is 10.6 Å². The van der Waals surface area contributed by atoms with E-state index in [-0.39, 0.29) is 11.8 Å². The lowest BCUT2D eigenvalue weighted by Crippen LogP contribution is -2.49. The molecule has 1 unspecified atom stereocenters. The number of carbonyl (C=O) groups is 1. The van der Waals surface area contributed by atoms with Crippen molar-refractivity contribution in [1.29, 1.82) is 0 Å². The van der Waals surface area contributed by atoms with E-state index in [0.29, 0.717) is 22.2 Å². The van der Waals surface area contributed by atoms with Crippen molar-refractivity contribution in [1.82, 2.24) is 5.32 Å². The van der Waals surface area contributed by atoms with Gasteiger partial charge in [0, 0.05) is 6.42 Å². The number of hydrogen-bond acceptors (Lipinski definition) is 2. The molecule has 0 aliphatic carbocycles. The first kappa shape index (κ1) is 19.0. The highest BCUT2D eigenvalue weighted by atomic mass is 35.6. The molecule has 0 aromatic heterocycles. The summed E-state index contributed by atoms with van der Waals surface area (Å²) in [5.74, 6) is -0.0538. The number of carbonyl (C=O) groups excluding carboxylic acids is 1. The van der Waals surface area contributed by atoms with Crippen LogP contribution in [0.15, 0.2) is 18.2 Å². The van der Waals surface area contributed by atoms with Crippen molar-refractivity contribution >= 4 is 69.6 Å². The molecule has 21 heavy (non-hydrogen) atoms. The molecule has 0 saturated heterocycles. The molecule has 0 aliphatic rings. The Morgan fingerprint density at radius 3 is 2.14 bits per heavy atom. The van der Waals surface area contributed by atoms with Gasteiger partial charge in [-0.25, -0.2) is 0 Å². The average Bonchev–Trinajstić information content (AvgIpc) is 2.30. The van der Waals surface area contributed by atoms with Crippen LogP contribution in [0.1, 0.15) is 20.3 Å². The van der Waals surface area contributed by atoms with E-state index in [4.69, 9.17) is 58.0 Å². The van der Waals surface area contributed by atoms with Crippen molar-refractivity contribution in [2.75, 3.05) is 5.32 Å². The Kier molecular flexibility index (Phi) is 7.21. The Morgan fingerprint density at radius 1 is 1.19 bits per heavy atom. The van der Waals surface area contributed by atoms with Crippen LogP contribution in [0, 0.1) is 5.92 Å². The number of para-hydroxylation sites is 1. The molecule has 0 heterocycles. The third-order valence-corrected chi connectivity index (χ3v) is 3.76. The van der Waals surface area contributed by atoms with Crippen molar-refractivity contribution < 1.29 is 4.79 Å². The van der Waals surface area contributed by atoms with Gasteiger partial charge in [0.2, 0.25) is 9.70 Å². The Morgan fingerprint density at radius 2 is 1.71 bits per heavy atom. The minimum absolute atomic E-state index is 0.185. The highest BCUT2D eigenvalue weighted by molar-refractivity contribution is 6.68. The summed E-state index contributed by atoms with van der Waals surface area (Å²) in [6, 6.07) is 4.97. The summed E-state index contributed by atoms with van der Waals surface area (Å²) in [5, 5.41) is 6.22. The third-order valence-electron chi connectivity index (χ3n) is 2.48. The van der Waals surface area contributed by atoms with Crippen LogP contribution in [0.5, 0.6) is 0 Å². The van der Waals surface area contributed by atoms with Gasteiger partial charge in [0.05, 0.1) is 15.7 Å². The van der Waals surface area contributed by atoms with E-state index in [1.54, 1.807) is 18.2 Å².